The summed E-state index contributed by atoms with van der Waals surface area (Å²) in [5.74, 6) is 0.0400. The predicted octanol–water partition coefficient (Wildman–Crippen LogP) is 1.75. The number of nitrogens with one attached hydrogen (secondary N) is 2. The van der Waals surface area contributed by atoms with Gasteiger partial charge in [-0.15, -0.1) is 0 Å². The van der Waals surface area contributed by atoms with Gasteiger partial charge in [0.25, 0.3) is 0 Å². The number of hydrogen-bond donors (Lipinski definition) is 2. The summed E-state index contributed by atoms with van der Waals surface area (Å²) >= 11 is 0. The topological polar surface area (TPSA) is 44.4 Å². The van der Waals surface area contributed by atoms with Gasteiger partial charge in [0.05, 0.1) is 0 Å². The van der Waals surface area contributed by atoms with Gasteiger partial charge < -0.3 is 15.5 Å². The molecule has 1 amide bonds. The van der Waals surface area contributed by atoms with Crippen LogP contribution < -0.4 is 15.5 Å². The number of amides is 1. The van der Waals surface area contributed by atoms with Gasteiger partial charge >= 0.3 is 0 Å². The van der Waals surface area contributed by atoms with E-state index in [-0.39, 0.29) is 11.9 Å². The van der Waals surface area contributed by atoms with Crippen LogP contribution in [0, 0.1) is 0 Å². The summed E-state index contributed by atoms with van der Waals surface area (Å²) in [4.78, 5) is 13.9. The molecule has 1 aliphatic rings. The number of nitrogens with zero attached hydrogens (tertiary/aromatic N) is 1. The van der Waals surface area contributed by atoms with Crippen molar-refractivity contribution in [2.24, 2.45) is 0 Å². The average Bonchev–Trinajstić information content (AvgIpc) is 2.64. The Kier molecular flexibility index (Phi) is 3.33. The van der Waals surface area contributed by atoms with Crippen LogP contribution in [-0.4, -0.2) is 26.0 Å². The second-order valence-corrected chi connectivity index (χ2v) is 4.27. The Hall–Kier alpha value is -1.55. The summed E-state index contributed by atoms with van der Waals surface area (Å²) in [5, 5.41) is 6.11. The monoisotopic (exact) mass is 233 g/mol. The van der Waals surface area contributed by atoms with Crippen LogP contribution >= 0.6 is 0 Å². The second-order valence-electron chi connectivity index (χ2n) is 4.27. The lowest BCUT2D eigenvalue weighted by Crippen LogP contribution is -2.27. The molecule has 2 rings (SSSR count). The molecule has 0 aliphatic carbocycles. The number of likely N-dealkylation sites (N-methyl/N-ethyl adjacent to an activating group) is 1. The Morgan fingerprint density at radius 2 is 2.18 bits per heavy atom. The highest BCUT2D eigenvalue weighted by Crippen LogP contribution is 2.33. The van der Waals surface area contributed by atoms with Gasteiger partial charge in [-0.2, -0.15) is 0 Å². The van der Waals surface area contributed by atoms with Gasteiger partial charge in [-0.05, 0) is 25.6 Å². The van der Waals surface area contributed by atoms with Crippen molar-refractivity contribution >= 4 is 17.3 Å². The number of hydrogen-bond acceptors (Lipinski definition) is 3. The summed E-state index contributed by atoms with van der Waals surface area (Å²) < 4.78 is 0. The van der Waals surface area contributed by atoms with E-state index in [0.29, 0.717) is 0 Å². The zero-order valence-electron chi connectivity index (χ0n) is 10.6. The molecule has 17 heavy (non-hydrogen) atoms. The van der Waals surface area contributed by atoms with E-state index in [1.807, 2.05) is 26.1 Å². The third-order valence-corrected chi connectivity index (χ3v) is 3.19. The summed E-state index contributed by atoms with van der Waals surface area (Å²) in [5.41, 5.74) is 3.10. The first-order valence-corrected chi connectivity index (χ1v) is 6.06. The minimum absolute atomic E-state index is 0.0400. The van der Waals surface area contributed by atoms with Crippen molar-refractivity contribution in [1.82, 2.24) is 5.32 Å². The maximum atomic E-state index is 11.8. The molecule has 1 aliphatic heterocycles. The fourth-order valence-corrected chi connectivity index (χ4v) is 2.08. The van der Waals surface area contributed by atoms with Crippen LogP contribution in [-0.2, 0) is 4.79 Å². The van der Waals surface area contributed by atoms with E-state index in [9.17, 15) is 4.79 Å². The first-order valence-electron chi connectivity index (χ1n) is 6.06. The zero-order chi connectivity index (χ0) is 12.4. The maximum absolute atomic E-state index is 11.8. The second kappa shape index (κ2) is 4.75. The molecular weight excluding hydrogens is 214 g/mol. The first kappa shape index (κ1) is 11.9. The maximum Gasteiger partial charge on any atom is 0.246 e. The molecule has 0 saturated heterocycles. The highest BCUT2D eigenvalue weighted by molar-refractivity contribution is 6.03. The molecule has 1 aromatic rings. The Bertz CT molecular complexity index is 431. The van der Waals surface area contributed by atoms with Crippen LogP contribution in [0.4, 0.5) is 11.4 Å². The van der Waals surface area contributed by atoms with Crippen LogP contribution in [0.1, 0.15) is 25.5 Å². The summed E-state index contributed by atoms with van der Waals surface area (Å²) in [6.45, 7) is 5.84. The number of fused-ring (bicyclic) bond motifs is 1. The van der Waals surface area contributed by atoms with Crippen LogP contribution in [0.5, 0.6) is 0 Å². The number of carbonyl (C=O) groups excluding carboxylic acids is 1. The van der Waals surface area contributed by atoms with Gasteiger partial charge in [0.15, 0.2) is 0 Å². The van der Waals surface area contributed by atoms with E-state index in [1.165, 1.54) is 0 Å². The Balaban J connectivity index is 2.31. The lowest BCUT2D eigenvalue weighted by atomic mass is 10.1. The lowest BCUT2D eigenvalue weighted by molar-refractivity contribution is -0.117. The Labute approximate surface area is 102 Å². The third kappa shape index (κ3) is 2.13. The minimum Gasteiger partial charge on any atom is -0.375 e. The minimum atomic E-state index is -0.198. The van der Waals surface area contributed by atoms with Crippen LogP contribution in [0.25, 0.3) is 0 Å². The quantitative estimate of drug-likeness (QED) is 0.832. The zero-order valence-corrected chi connectivity index (χ0v) is 10.6. The van der Waals surface area contributed by atoms with E-state index in [4.69, 9.17) is 0 Å². The number of carbonyl (C=O) groups is 1. The average molecular weight is 233 g/mol. The van der Waals surface area contributed by atoms with Gasteiger partial charge in [-0.1, -0.05) is 13.0 Å². The third-order valence-electron chi connectivity index (χ3n) is 3.19. The molecule has 1 heterocycles. The number of rotatable bonds is 4. The van der Waals surface area contributed by atoms with E-state index in [0.717, 1.165) is 30.0 Å². The smallest absolute Gasteiger partial charge is 0.246 e. The molecule has 2 N–H and O–H groups in total. The van der Waals surface area contributed by atoms with Crippen molar-refractivity contribution in [2.75, 3.05) is 30.4 Å². The molecule has 1 unspecified atom stereocenters. The van der Waals surface area contributed by atoms with Crippen LogP contribution in [0.15, 0.2) is 18.2 Å². The molecule has 1 aromatic carbocycles. The van der Waals surface area contributed by atoms with Gasteiger partial charge in [-0.3, -0.25) is 4.79 Å². The molecule has 0 bridgehead atoms. The van der Waals surface area contributed by atoms with Crippen molar-refractivity contribution in [3.05, 3.63) is 23.8 Å². The molecule has 4 heteroatoms. The number of anilines is 2. The first-order chi connectivity index (χ1) is 8.17. The molecule has 1 atom stereocenters. The molecule has 0 aromatic heterocycles. The standard InChI is InChI=1S/C13H19N3O/c1-4-14-12-10-7-6-9(16(3)5-2)8-11(10)15-13(12)17/h6-8,12,14H,4-5H2,1-3H3,(H,15,17). The van der Waals surface area contributed by atoms with Crippen molar-refractivity contribution in [3.8, 4) is 0 Å². The van der Waals surface area contributed by atoms with Crippen molar-refractivity contribution in [2.45, 2.75) is 19.9 Å². The fraction of sp³-hybridized carbons (Fsp3) is 0.462. The van der Waals surface area contributed by atoms with E-state index in [2.05, 4.69) is 28.5 Å². The van der Waals surface area contributed by atoms with Crippen molar-refractivity contribution < 1.29 is 4.79 Å². The van der Waals surface area contributed by atoms with Crippen LogP contribution in [0.3, 0.4) is 0 Å². The largest absolute Gasteiger partial charge is 0.375 e. The summed E-state index contributed by atoms with van der Waals surface area (Å²) in [7, 11) is 2.04. The SMILES string of the molecule is CCNC1C(=O)Nc2cc(N(C)CC)ccc21. The lowest BCUT2D eigenvalue weighted by Gasteiger charge is -2.18. The number of benzene rings is 1. The van der Waals surface area contributed by atoms with Gasteiger partial charge in [0.2, 0.25) is 5.91 Å². The molecule has 0 spiro atoms. The molecule has 92 valence electrons. The normalized spacial score (nSPS) is 17.8. The van der Waals surface area contributed by atoms with Crippen molar-refractivity contribution in [1.29, 1.82) is 0 Å². The molecule has 0 fully saturated rings. The van der Waals surface area contributed by atoms with Gasteiger partial charge in [0.1, 0.15) is 6.04 Å². The molecule has 0 saturated carbocycles. The highest BCUT2D eigenvalue weighted by Gasteiger charge is 2.29. The molecular formula is C13H19N3O. The Morgan fingerprint density at radius 3 is 2.82 bits per heavy atom. The predicted molar refractivity (Wildman–Crippen MR) is 70.4 cm³/mol. The van der Waals surface area contributed by atoms with Gasteiger partial charge in [-0.25, -0.2) is 0 Å². The highest BCUT2D eigenvalue weighted by atomic mass is 16.2. The van der Waals surface area contributed by atoms with E-state index < -0.39 is 0 Å². The molecule has 0 radical (unpaired) electrons. The van der Waals surface area contributed by atoms with E-state index >= 15 is 0 Å². The Morgan fingerprint density at radius 1 is 1.41 bits per heavy atom. The molecule has 4 nitrogen and oxygen atoms in total. The van der Waals surface area contributed by atoms with Crippen LogP contribution in [0.2, 0.25) is 0 Å². The summed E-state index contributed by atoms with van der Waals surface area (Å²) in [6.07, 6.45) is 0. The van der Waals surface area contributed by atoms with E-state index in [1.54, 1.807) is 0 Å². The summed E-state index contributed by atoms with van der Waals surface area (Å²) in [6, 6.07) is 5.93. The van der Waals surface area contributed by atoms with Gasteiger partial charge in [0, 0.05) is 30.5 Å². The fourth-order valence-electron chi connectivity index (χ4n) is 2.08. The van der Waals surface area contributed by atoms with Crippen molar-refractivity contribution in [3.63, 3.8) is 0 Å².